The standard InChI is InChI=1S/C15H13F3N4O2/c1-6-11(7(2)20-14-12(6)13(19)21-22-14)8-3-4-9(23)10(5-8)24-15(16,17)18/h3-5,23H,1-2H3,(H3,19,20,21,22). The number of ether oxygens (including phenoxy) is 1. The number of nitrogens with zero attached hydrogens (tertiary/aromatic N) is 2. The van der Waals surface area contributed by atoms with E-state index in [1.54, 1.807) is 13.8 Å². The van der Waals surface area contributed by atoms with E-state index in [1.165, 1.54) is 6.07 Å². The van der Waals surface area contributed by atoms with Gasteiger partial charge in [-0.1, -0.05) is 6.07 Å². The number of pyridine rings is 1. The minimum Gasteiger partial charge on any atom is -0.504 e. The molecule has 1 aromatic carbocycles. The Labute approximate surface area is 134 Å². The van der Waals surface area contributed by atoms with Gasteiger partial charge in [-0.25, -0.2) is 4.98 Å². The summed E-state index contributed by atoms with van der Waals surface area (Å²) in [5.41, 5.74) is 8.56. The third kappa shape index (κ3) is 2.68. The van der Waals surface area contributed by atoms with E-state index in [-0.39, 0.29) is 0 Å². The van der Waals surface area contributed by atoms with Gasteiger partial charge in [-0.15, -0.1) is 13.2 Å². The van der Waals surface area contributed by atoms with Crippen molar-refractivity contribution in [2.45, 2.75) is 20.2 Å². The number of phenolic OH excluding ortho intramolecular Hbond substituents is 1. The molecule has 6 nitrogen and oxygen atoms in total. The molecule has 0 aliphatic heterocycles. The van der Waals surface area contributed by atoms with Gasteiger partial charge < -0.3 is 15.6 Å². The maximum Gasteiger partial charge on any atom is 0.573 e. The molecule has 0 spiro atoms. The van der Waals surface area contributed by atoms with Gasteiger partial charge in [-0.05, 0) is 37.1 Å². The molecule has 0 aliphatic carbocycles. The van der Waals surface area contributed by atoms with Crippen molar-refractivity contribution in [1.82, 2.24) is 15.2 Å². The van der Waals surface area contributed by atoms with Crippen molar-refractivity contribution in [2.24, 2.45) is 0 Å². The summed E-state index contributed by atoms with van der Waals surface area (Å²) in [6.45, 7) is 3.49. The third-order valence-electron chi connectivity index (χ3n) is 3.63. The number of aromatic amines is 1. The molecule has 0 atom stereocenters. The summed E-state index contributed by atoms with van der Waals surface area (Å²) in [5, 5.41) is 16.8. The molecule has 3 aromatic rings. The van der Waals surface area contributed by atoms with Crippen LogP contribution in [0.2, 0.25) is 0 Å². The molecule has 0 fully saturated rings. The molecule has 0 bridgehead atoms. The molecule has 0 unspecified atom stereocenters. The lowest BCUT2D eigenvalue weighted by atomic mass is 9.97. The maximum atomic E-state index is 12.5. The average molecular weight is 338 g/mol. The van der Waals surface area contributed by atoms with E-state index in [4.69, 9.17) is 5.73 Å². The Morgan fingerprint density at radius 1 is 1.25 bits per heavy atom. The zero-order valence-electron chi connectivity index (χ0n) is 12.7. The topological polar surface area (TPSA) is 97.1 Å². The second-order valence-electron chi connectivity index (χ2n) is 5.26. The highest BCUT2D eigenvalue weighted by molar-refractivity contribution is 5.94. The zero-order valence-corrected chi connectivity index (χ0v) is 12.7. The number of hydrogen-bond donors (Lipinski definition) is 3. The van der Waals surface area contributed by atoms with E-state index in [0.29, 0.717) is 39.2 Å². The van der Waals surface area contributed by atoms with Crippen LogP contribution in [-0.2, 0) is 0 Å². The molecule has 0 aliphatic rings. The van der Waals surface area contributed by atoms with Crippen LogP contribution in [0.3, 0.4) is 0 Å². The monoisotopic (exact) mass is 338 g/mol. The van der Waals surface area contributed by atoms with Crippen LogP contribution >= 0.6 is 0 Å². The number of nitrogen functional groups attached to an aromatic ring is 1. The number of fused-ring (bicyclic) bond motifs is 1. The van der Waals surface area contributed by atoms with Crippen molar-refractivity contribution in [3.8, 4) is 22.6 Å². The van der Waals surface area contributed by atoms with Gasteiger partial charge >= 0.3 is 6.36 Å². The molecule has 0 radical (unpaired) electrons. The number of phenols is 1. The highest BCUT2D eigenvalue weighted by Crippen LogP contribution is 2.38. The predicted octanol–water partition coefficient (Wildman–Crippen LogP) is 3.43. The first-order valence-electron chi connectivity index (χ1n) is 6.87. The summed E-state index contributed by atoms with van der Waals surface area (Å²) in [4.78, 5) is 4.31. The van der Waals surface area contributed by atoms with Gasteiger partial charge in [0.15, 0.2) is 17.1 Å². The van der Waals surface area contributed by atoms with Gasteiger partial charge in [0.2, 0.25) is 0 Å². The number of H-pyrrole nitrogens is 1. The highest BCUT2D eigenvalue weighted by atomic mass is 19.4. The molecule has 24 heavy (non-hydrogen) atoms. The van der Waals surface area contributed by atoms with Crippen molar-refractivity contribution >= 4 is 16.9 Å². The van der Waals surface area contributed by atoms with Crippen LogP contribution in [0.15, 0.2) is 18.2 Å². The fourth-order valence-corrected chi connectivity index (χ4v) is 2.71. The van der Waals surface area contributed by atoms with E-state index in [2.05, 4.69) is 19.9 Å². The number of hydrogen-bond acceptors (Lipinski definition) is 5. The van der Waals surface area contributed by atoms with Gasteiger partial charge in [-0.3, -0.25) is 5.10 Å². The number of rotatable bonds is 2. The lowest BCUT2D eigenvalue weighted by Gasteiger charge is -2.14. The Bertz CT molecular complexity index is 935. The quantitative estimate of drug-likeness (QED) is 0.665. The first-order valence-corrected chi connectivity index (χ1v) is 6.87. The number of nitrogens with two attached hydrogens (primary N) is 1. The molecular formula is C15H13F3N4O2. The number of aromatic nitrogens is 3. The predicted molar refractivity (Wildman–Crippen MR) is 81.6 cm³/mol. The minimum absolute atomic E-state index is 0.321. The SMILES string of the molecule is Cc1nc2n[nH]c(N)c2c(C)c1-c1ccc(O)c(OC(F)(F)F)c1. The van der Waals surface area contributed by atoms with Crippen molar-refractivity contribution in [3.63, 3.8) is 0 Å². The molecule has 2 heterocycles. The molecule has 4 N–H and O–H groups in total. The molecule has 0 saturated heterocycles. The molecule has 3 rings (SSSR count). The normalized spacial score (nSPS) is 11.9. The van der Waals surface area contributed by atoms with Crippen LogP contribution in [0.25, 0.3) is 22.2 Å². The number of aryl methyl sites for hydroxylation is 2. The fourth-order valence-electron chi connectivity index (χ4n) is 2.71. The summed E-state index contributed by atoms with van der Waals surface area (Å²) in [6.07, 6.45) is -4.91. The summed E-state index contributed by atoms with van der Waals surface area (Å²) in [5.74, 6) is -0.968. The average Bonchev–Trinajstić information content (AvgIpc) is 2.82. The van der Waals surface area contributed by atoms with Gasteiger partial charge in [0.05, 0.1) is 5.39 Å². The van der Waals surface area contributed by atoms with Crippen LogP contribution in [0.1, 0.15) is 11.3 Å². The van der Waals surface area contributed by atoms with Crippen molar-refractivity contribution in [3.05, 3.63) is 29.5 Å². The Morgan fingerprint density at radius 3 is 2.62 bits per heavy atom. The van der Waals surface area contributed by atoms with Crippen molar-refractivity contribution in [2.75, 3.05) is 5.73 Å². The summed E-state index contributed by atoms with van der Waals surface area (Å²) in [7, 11) is 0. The summed E-state index contributed by atoms with van der Waals surface area (Å²) < 4.78 is 41.2. The summed E-state index contributed by atoms with van der Waals surface area (Å²) >= 11 is 0. The Hall–Kier alpha value is -2.97. The molecule has 0 saturated carbocycles. The lowest BCUT2D eigenvalue weighted by molar-refractivity contribution is -0.275. The Balaban J connectivity index is 2.21. The third-order valence-corrected chi connectivity index (χ3v) is 3.63. The van der Waals surface area contributed by atoms with Crippen LogP contribution in [0.4, 0.5) is 19.0 Å². The number of benzene rings is 1. The van der Waals surface area contributed by atoms with Crippen molar-refractivity contribution < 1.29 is 23.0 Å². The smallest absolute Gasteiger partial charge is 0.504 e. The van der Waals surface area contributed by atoms with Gasteiger partial charge in [0.1, 0.15) is 5.82 Å². The van der Waals surface area contributed by atoms with E-state index >= 15 is 0 Å². The van der Waals surface area contributed by atoms with Crippen LogP contribution in [-0.4, -0.2) is 26.7 Å². The van der Waals surface area contributed by atoms with Crippen LogP contribution < -0.4 is 10.5 Å². The van der Waals surface area contributed by atoms with E-state index in [1.807, 2.05) is 0 Å². The zero-order chi connectivity index (χ0) is 17.6. The number of nitrogens with one attached hydrogen (secondary N) is 1. The number of alkyl halides is 3. The number of aromatic hydroxyl groups is 1. The number of anilines is 1. The van der Waals surface area contributed by atoms with E-state index < -0.39 is 17.9 Å². The minimum atomic E-state index is -4.91. The molecule has 0 amide bonds. The fraction of sp³-hybridized carbons (Fsp3) is 0.200. The van der Waals surface area contributed by atoms with Crippen molar-refractivity contribution in [1.29, 1.82) is 0 Å². The Morgan fingerprint density at radius 2 is 1.96 bits per heavy atom. The molecule has 9 heteroatoms. The number of halogens is 3. The Kier molecular flexibility index (Phi) is 3.51. The highest BCUT2D eigenvalue weighted by Gasteiger charge is 2.32. The molecule has 126 valence electrons. The second-order valence-corrected chi connectivity index (χ2v) is 5.26. The maximum absolute atomic E-state index is 12.5. The first-order chi connectivity index (χ1) is 11.2. The van der Waals surface area contributed by atoms with Crippen LogP contribution in [0.5, 0.6) is 11.5 Å². The van der Waals surface area contributed by atoms with Gasteiger partial charge in [0, 0.05) is 11.3 Å². The summed E-state index contributed by atoms with van der Waals surface area (Å²) in [6, 6.07) is 3.73. The lowest BCUT2D eigenvalue weighted by Crippen LogP contribution is -2.17. The van der Waals surface area contributed by atoms with Gasteiger partial charge in [0.25, 0.3) is 0 Å². The second kappa shape index (κ2) is 5.29. The van der Waals surface area contributed by atoms with E-state index in [0.717, 1.165) is 12.1 Å². The van der Waals surface area contributed by atoms with Crippen LogP contribution in [0, 0.1) is 13.8 Å². The van der Waals surface area contributed by atoms with Gasteiger partial charge in [-0.2, -0.15) is 5.10 Å². The van der Waals surface area contributed by atoms with E-state index in [9.17, 15) is 18.3 Å². The molecule has 2 aromatic heterocycles. The largest absolute Gasteiger partial charge is 0.573 e. The first kappa shape index (κ1) is 15.9. The molecular weight excluding hydrogens is 325 g/mol.